The van der Waals surface area contributed by atoms with E-state index in [-0.39, 0.29) is 11.4 Å². The van der Waals surface area contributed by atoms with Crippen molar-refractivity contribution in [3.63, 3.8) is 0 Å². The van der Waals surface area contributed by atoms with Crippen LogP contribution in [-0.4, -0.2) is 0 Å². The Kier molecular flexibility index (Phi) is 3.88. The number of halogens is 3. The van der Waals surface area contributed by atoms with Gasteiger partial charge in [0, 0.05) is 11.1 Å². The first-order valence-corrected chi connectivity index (χ1v) is 6.26. The normalized spacial score (nSPS) is 14.2. The molecule has 1 unspecified atom stereocenters. The quantitative estimate of drug-likeness (QED) is 0.903. The molecule has 0 aliphatic carbocycles. The van der Waals surface area contributed by atoms with Crippen LogP contribution in [-0.2, 0) is 12.0 Å². The van der Waals surface area contributed by atoms with Crippen molar-refractivity contribution in [2.75, 3.05) is 0 Å². The number of nitrogens with two attached hydrogens (primary N) is 1. The Bertz CT molecular complexity index is 596. The van der Waals surface area contributed by atoms with Crippen molar-refractivity contribution < 1.29 is 8.78 Å². The van der Waals surface area contributed by atoms with Crippen molar-refractivity contribution in [3.05, 3.63) is 70.2 Å². The third-order valence-corrected chi connectivity index (χ3v) is 3.37. The van der Waals surface area contributed by atoms with Gasteiger partial charge in [-0.05, 0) is 31.0 Å². The zero-order valence-electron chi connectivity index (χ0n) is 10.5. The molecule has 0 saturated heterocycles. The van der Waals surface area contributed by atoms with E-state index in [2.05, 4.69) is 0 Å². The molecule has 0 heterocycles. The van der Waals surface area contributed by atoms with Gasteiger partial charge in [0.1, 0.15) is 11.6 Å². The van der Waals surface area contributed by atoms with Crippen molar-refractivity contribution in [2.45, 2.75) is 18.9 Å². The van der Waals surface area contributed by atoms with E-state index in [4.69, 9.17) is 17.3 Å². The second-order valence-electron chi connectivity index (χ2n) is 4.79. The average Bonchev–Trinajstić information content (AvgIpc) is 2.35. The van der Waals surface area contributed by atoms with Gasteiger partial charge in [0.15, 0.2) is 0 Å². The molecule has 0 aliphatic rings. The lowest BCUT2D eigenvalue weighted by Gasteiger charge is -2.26. The van der Waals surface area contributed by atoms with Crippen LogP contribution in [0.15, 0.2) is 42.5 Å². The lowest BCUT2D eigenvalue weighted by Crippen LogP contribution is -2.36. The van der Waals surface area contributed by atoms with Gasteiger partial charge in [-0.2, -0.15) is 0 Å². The van der Waals surface area contributed by atoms with Crippen molar-refractivity contribution in [3.8, 4) is 0 Å². The van der Waals surface area contributed by atoms with Gasteiger partial charge in [-0.1, -0.05) is 41.9 Å². The highest BCUT2D eigenvalue weighted by molar-refractivity contribution is 6.30. The summed E-state index contributed by atoms with van der Waals surface area (Å²) in [5.41, 5.74) is 5.87. The summed E-state index contributed by atoms with van der Waals surface area (Å²) in [5, 5.41) is 0.0434. The van der Waals surface area contributed by atoms with Gasteiger partial charge < -0.3 is 5.73 Å². The topological polar surface area (TPSA) is 26.0 Å². The van der Waals surface area contributed by atoms with Crippen molar-refractivity contribution in [1.29, 1.82) is 0 Å². The zero-order valence-corrected chi connectivity index (χ0v) is 11.2. The van der Waals surface area contributed by atoms with E-state index in [0.717, 1.165) is 0 Å². The molecule has 4 heteroatoms. The van der Waals surface area contributed by atoms with E-state index in [0.29, 0.717) is 11.1 Å². The van der Waals surface area contributed by atoms with E-state index in [1.807, 2.05) is 0 Å². The maximum Gasteiger partial charge on any atom is 0.145 e. The van der Waals surface area contributed by atoms with Crippen LogP contribution < -0.4 is 5.73 Å². The Hall–Kier alpha value is -1.45. The van der Waals surface area contributed by atoms with Gasteiger partial charge in [-0.25, -0.2) is 8.78 Å². The highest BCUT2D eigenvalue weighted by Crippen LogP contribution is 2.28. The smallest absolute Gasteiger partial charge is 0.145 e. The molecule has 0 radical (unpaired) electrons. The van der Waals surface area contributed by atoms with Gasteiger partial charge in [-0.3, -0.25) is 0 Å². The Morgan fingerprint density at radius 1 is 1.11 bits per heavy atom. The van der Waals surface area contributed by atoms with Crippen LogP contribution in [0.25, 0.3) is 0 Å². The SMILES string of the molecule is CC(N)(Cc1cccc(Cl)c1F)c1ccccc1F. The van der Waals surface area contributed by atoms with E-state index in [1.54, 1.807) is 37.3 Å². The Morgan fingerprint density at radius 2 is 1.79 bits per heavy atom. The summed E-state index contributed by atoms with van der Waals surface area (Å²) in [7, 11) is 0. The van der Waals surface area contributed by atoms with Crippen LogP contribution in [0.3, 0.4) is 0 Å². The molecule has 2 aromatic carbocycles. The van der Waals surface area contributed by atoms with Gasteiger partial charge >= 0.3 is 0 Å². The van der Waals surface area contributed by atoms with E-state index in [9.17, 15) is 8.78 Å². The Balaban J connectivity index is 2.36. The maximum atomic E-state index is 13.9. The fourth-order valence-electron chi connectivity index (χ4n) is 2.10. The van der Waals surface area contributed by atoms with Crippen LogP contribution in [0.5, 0.6) is 0 Å². The molecule has 2 rings (SSSR count). The van der Waals surface area contributed by atoms with E-state index >= 15 is 0 Å². The van der Waals surface area contributed by atoms with Gasteiger partial charge in [0.25, 0.3) is 0 Å². The standard InChI is InChI=1S/C15H14ClF2N/c1-15(19,11-6-2-3-8-13(11)17)9-10-5-4-7-12(16)14(10)18/h2-8H,9,19H2,1H3. The lowest BCUT2D eigenvalue weighted by atomic mass is 9.86. The largest absolute Gasteiger partial charge is 0.321 e. The first kappa shape index (κ1) is 14.0. The molecular weight excluding hydrogens is 268 g/mol. The summed E-state index contributed by atoms with van der Waals surface area (Å²) in [6.07, 6.45) is 0.167. The molecule has 0 bridgehead atoms. The first-order chi connectivity index (χ1) is 8.92. The number of rotatable bonds is 3. The molecule has 2 aromatic rings. The summed E-state index contributed by atoms with van der Waals surface area (Å²) in [6, 6.07) is 11.0. The minimum absolute atomic E-state index is 0.0434. The molecule has 0 fully saturated rings. The molecule has 0 aliphatic heterocycles. The molecule has 1 atom stereocenters. The minimum Gasteiger partial charge on any atom is -0.321 e. The Morgan fingerprint density at radius 3 is 2.47 bits per heavy atom. The second-order valence-corrected chi connectivity index (χ2v) is 5.19. The monoisotopic (exact) mass is 281 g/mol. The molecule has 2 N–H and O–H groups in total. The third kappa shape index (κ3) is 2.94. The predicted octanol–water partition coefficient (Wildman–Crippen LogP) is 4.03. The Labute approximate surface area is 116 Å². The van der Waals surface area contributed by atoms with Crippen molar-refractivity contribution in [1.82, 2.24) is 0 Å². The number of hydrogen-bond donors (Lipinski definition) is 1. The predicted molar refractivity (Wildman–Crippen MR) is 73.1 cm³/mol. The molecule has 0 saturated carbocycles. The van der Waals surface area contributed by atoms with E-state index < -0.39 is 17.2 Å². The average molecular weight is 282 g/mol. The highest BCUT2D eigenvalue weighted by Gasteiger charge is 2.26. The van der Waals surface area contributed by atoms with Crippen molar-refractivity contribution >= 4 is 11.6 Å². The summed E-state index contributed by atoms with van der Waals surface area (Å²) < 4.78 is 27.6. The van der Waals surface area contributed by atoms with Crippen LogP contribution in [0, 0.1) is 11.6 Å². The maximum absolute atomic E-state index is 13.9. The number of hydrogen-bond acceptors (Lipinski definition) is 1. The van der Waals surface area contributed by atoms with Gasteiger partial charge in [0.05, 0.1) is 5.02 Å². The lowest BCUT2D eigenvalue weighted by molar-refractivity contribution is 0.447. The summed E-state index contributed by atoms with van der Waals surface area (Å²) in [5.74, 6) is -0.896. The molecular formula is C15H14ClF2N. The summed E-state index contributed by atoms with van der Waals surface area (Å²) >= 11 is 5.73. The molecule has 100 valence electrons. The van der Waals surface area contributed by atoms with Crippen molar-refractivity contribution in [2.24, 2.45) is 5.73 Å². The summed E-state index contributed by atoms with van der Waals surface area (Å²) in [6.45, 7) is 1.67. The van der Waals surface area contributed by atoms with Crippen LogP contribution in [0.1, 0.15) is 18.1 Å². The third-order valence-electron chi connectivity index (χ3n) is 3.08. The highest BCUT2D eigenvalue weighted by atomic mass is 35.5. The number of benzene rings is 2. The molecule has 1 nitrogen and oxygen atoms in total. The zero-order chi connectivity index (χ0) is 14.0. The molecule has 0 spiro atoms. The molecule has 0 amide bonds. The van der Waals surface area contributed by atoms with Crippen LogP contribution >= 0.6 is 11.6 Å². The fourth-order valence-corrected chi connectivity index (χ4v) is 2.29. The van der Waals surface area contributed by atoms with Gasteiger partial charge in [-0.15, -0.1) is 0 Å². The van der Waals surface area contributed by atoms with Gasteiger partial charge in [0.2, 0.25) is 0 Å². The first-order valence-electron chi connectivity index (χ1n) is 5.88. The second kappa shape index (κ2) is 5.27. The minimum atomic E-state index is -1.00. The van der Waals surface area contributed by atoms with Crippen LogP contribution in [0.2, 0.25) is 5.02 Å². The summed E-state index contributed by atoms with van der Waals surface area (Å²) in [4.78, 5) is 0. The molecule has 0 aromatic heterocycles. The van der Waals surface area contributed by atoms with Crippen LogP contribution in [0.4, 0.5) is 8.78 Å². The molecule has 19 heavy (non-hydrogen) atoms. The van der Waals surface area contributed by atoms with E-state index in [1.165, 1.54) is 12.1 Å². The fraction of sp³-hybridized carbons (Fsp3) is 0.200.